The zero-order valence-electron chi connectivity index (χ0n) is 11.0. The molecule has 1 aromatic carbocycles. The van der Waals surface area contributed by atoms with E-state index in [0.29, 0.717) is 13.1 Å². The molecule has 1 fully saturated rings. The number of aliphatic hydroxyl groups is 2. The van der Waals surface area contributed by atoms with Gasteiger partial charge < -0.3 is 15.9 Å². The van der Waals surface area contributed by atoms with E-state index in [9.17, 15) is 10.2 Å². The van der Waals surface area contributed by atoms with Gasteiger partial charge in [0.1, 0.15) is 0 Å². The number of hydrogen-bond acceptors (Lipinski definition) is 4. The van der Waals surface area contributed by atoms with E-state index < -0.39 is 12.2 Å². The van der Waals surface area contributed by atoms with Gasteiger partial charge in [-0.3, -0.25) is 4.90 Å². The van der Waals surface area contributed by atoms with Crippen LogP contribution in [0.4, 0.5) is 0 Å². The average molecular weight is 329 g/mol. The van der Waals surface area contributed by atoms with Gasteiger partial charge in [0, 0.05) is 23.6 Å². The normalized spacial score (nSPS) is 27.4. The maximum Gasteiger partial charge on any atom is 0.0938 e. The molecule has 4 atom stereocenters. The highest BCUT2D eigenvalue weighted by Crippen LogP contribution is 2.30. The van der Waals surface area contributed by atoms with Gasteiger partial charge >= 0.3 is 0 Å². The van der Waals surface area contributed by atoms with Gasteiger partial charge in [-0.15, -0.1) is 0 Å². The summed E-state index contributed by atoms with van der Waals surface area (Å²) < 4.78 is 1.01. The quantitative estimate of drug-likeness (QED) is 0.778. The molecule has 4 N–H and O–H groups in total. The number of likely N-dealkylation sites (tertiary alicyclic amines) is 1. The zero-order valence-corrected chi connectivity index (χ0v) is 12.6. The van der Waals surface area contributed by atoms with Crippen molar-refractivity contribution in [1.29, 1.82) is 0 Å². The van der Waals surface area contributed by atoms with Crippen molar-refractivity contribution in [2.45, 2.75) is 37.6 Å². The van der Waals surface area contributed by atoms with E-state index in [2.05, 4.69) is 33.8 Å². The van der Waals surface area contributed by atoms with Crippen LogP contribution in [-0.4, -0.2) is 46.5 Å². The van der Waals surface area contributed by atoms with E-state index in [1.807, 2.05) is 18.2 Å². The summed E-state index contributed by atoms with van der Waals surface area (Å²) in [5.74, 6) is 0. The molecule has 0 aromatic heterocycles. The zero-order chi connectivity index (χ0) is 14.0. The first-order chi connectivity index (χ1) is 9.02. The molecule has 1 aliphatic rings. The van der Waals surface area contributed by atoms with E-state index in [0.717, 1.165) is 16.5 Å². The van der Waals surface area contributed by atoms with Crippen LogP contribution in [0.15, 0.2) is 28.7 Å². The van der Waals surface area contributed by atoms with Gasteiger partial charge in [-0.25, -0.2) is 0 Å². The molecular weight excluding hydrogens is 308 g/mol. The molecule has 0 bridgehead atoms. The van der Waals surface area contributed by atoms with E-state index >= 15 is 0 Å². The van der Waals surface area contributed by atoms with E-state index in [1.165, 1.54) is 0 Å². The predicted octanol–water partition coefficient (Wildman–Crippen LogP) is 1.26. The Morgan fingerprint density at radius 2 is 2.00 bits per heavy atom. The predicted molar refractivity (Wildman–Crippen MR) is 78.7 cm³/mol. The lowest BCUT2D eigenvalue weighted by atomic mass is 9.96. The van der Waals surface area contributed by atoms with Crippen LogP contribution in [0.5, 0.6) is 0 Å². The Morgan fingerprint density at radius 1 is 1.37 bits per heavy atom. The summed E-state index contributed by atoms with van der Waals surface area (Å²) in [6.07, 6.45) is -0.516. The Balaban J connectivity index is 2.26. The number of β-amino-alcohol motifs (C(OH)–C–C–N with tert-alkyl or cyclic N) is 2. The van der Waals surface area contributed by atoms with E-state index in [-0.39, 0.29) is 12.1 Å². The second-order valence-electron chi connectivity index (χ2n) is 5.16. The number of halogens is 1. The number of hydrogen-bond donors (Lipinski definition) is 3. The number of benzene rings is 1. The van der Waals surface area contributed by atoms with E-state index in [4.69, 9.17) is 5.73 Å². The molecule has 19 heavy (non-hydrogen) atoms. The van der Waals surface area contributed by atoms with Crippen molar-refractivity contribution >= 4 is 15.9 Å². The lowest BCUT2D eigenvalue weighted by molar-refractivity contribution is 0.0572. The van der Waals surface area contributed by atoms with Crippen molar-refractivity contribution in [2.75, 3.05) is 13.1 Å². The molecule has 0 aliphatic carbocycles. The molecule has 1 saturated heterocycles. The Hall–Kier alpha value is -0.460. The summed E-state index contributed by atoms with van der Waals surface area (Å²) in [6.45, 7) is 2.98. The number of nitrogens with two attached hydrogens (primary N) is 1. The van der Waals surface area contributed by atoms with Gasteiger partial charge in [0.25, 0.3) is 0 Å². The third-order valence-corrected chi connectivity index (χ3v) is 4.24. The Kier molecular flexibility index (Phi) is 4.97. The summed E-state index contributed by atoms with van der Waals surface area (Å²) >= 11 is 3.48. The molecular formula is C14H21BrN2O2. The topological polar surface area (TPSA) is 69.7 Å². The van der Waals surface area contributed by atoms with Crippen molar-refractivity contribution in [1.82, 2.24) is 4.90 Å². The minimum atomic E-state index is -0.682. The van der Waals surface area contributed by atoms with Crippen LogP contribution >= 0.6 is 15.9 Å². The first kappa shape index (κ1) is 14.9. The highest BCUT2D eigenvalue weighted by molar-refractivity contribution is 9.10. The summed E-state index contributed by atoms with van der Waals surface area (Å²) in [5, 5.41) is 19.5. The smallest absolute Gasteiger partial charge is 0.0938 e. The van der Waals surface area contributed by atoms with E-state index in [1.54, 1.807) is 0 Å². The minimum Gasteiger partial charge on any atom is -0.389 e. The lowest BCUT2D eigenvalue weighted by Crippen LogP contribution is -2.40. The maximum absolute atomic E-state index is 9.73. The van der Waals surface area contributed by atoms with Crippen molar-refractivity contribution in [3.05, 3.63) is 34.3 Å². The second kappa shape index (κ2) is 6.33. The van der Waals surface area contributed by atoms with Gasteiger partial charge in [0.05, 0.1) is 18.2 Å². The fourth-order valence-corrected chi connectivity index (χ4v) is 3.09. The van der Waals surface area contributed by atoms with Crippen LogP contribution < -0.4 is 5.73 Å². The molecule has 0 amide bonds. The third-order valence-electron chi connectivity index (χ3n) is 3.75. The number of nitrogens with zero attached hydrogens (tertiary/aromatic N) is 1. The molecule has 5 heteroatoms. The van der Waals surface area contributed by atoms with Crippen LogP contribution in [-0.2, 0) is 0 Å². The number of aliphatic hydroxyl groups excluding tert-OH is 2. The SMILES string of the molecule is CCC(N)C(c1cccc(Br)c1)N1CC(O)C(O)C1. The van der Waals surface area contributed by atoms with Gasteiger partial charge in [0.15, 0.2) is 0 Å². The molecule has 106 valence electrons. The van der Waals surface area contributed by atoms with Gasteiger partial charge in [-0.1, -0.05) is 35.0 Å². The minimum absolute atomic E-state index is 0.0215. The molecule has 0 spiro atoms. The highest BCUT2D eigenvalue weighted by Gasteiger charge is 2.36. The van der Waals surface area contributed by atoms with Crippen LogP contribution in [0.3, 0.4) is 0 Å². The number of rotatable bonds is 4. The summed E-state index contributed by atoms with van der Waals surface area (Å²) in [6, 6.07) is 8.06. The van der Waals surface area contributed by atoms with Gasteiger partial charge in [0.2, 0.25) is 0 Å². The van der Waals surface area contributed by atoms with Crippen molar-refractivity contribution in [3.63, 3.8) is 0 Å². The Labute approximate surface area is 122 Å². The highest BCUT2D eigenvalue weighted by atomic mass is 79.9. The summed E-state index contributed by atoms with van der Waals surface area (Å²) in [4.78, 5) is 2.07. The molecule has 2 rings (SSSR count). The molecule has 0 radical (unpaired) electrons. The Bertz CT molecular complexity index is 420. The molecule has 0 saturated carbocycles. The van der Waals surface area contributed by atoms with Crippen molar-refractivity contribution in [2.24, 2.45) is 5.73 Å². The first-order valence-corrected chi connectivity index (χ1v) is 7.43. The Morgan fingerprint density at radius 3 is 2.53 bits per heavy atom. The third kappa shape index (κ3) is 3.35. The van der Waals surface area contributed by atoms with Crippen molar-refractivity contribution < 1.29 is 10.2 Å². The maximum atomic E-state index is 9.73. The van der Waals surface area contributed by atoms with Gasteiger partial charge in [-0.2, -0.15) is 0 Å². The van der Waals surface area contributed by atoms with Crippen LogP contribution in [0.2, 0.25) is 0 Å². The molecule has 1 aromatic rings. The average Bonchev–Trinajstić information content (AvgIpc) is 2.69. The first-order valence-electron chi connectivity index (χ1n) is 6.64. The van der Waals surface area contributed by atoms with Crippen LogP contribution in [0, 0.1) is 0 Å². The lowest BCUT2D eigenvalue weighted by Gasteiger charge is -2.32. The standard InChI is InChI=1S/C14H21BrN2O2/c1-2-11(16)14(9-4-3-5-10(15)6-9)17-7-12(18)13(19)8-17/h3-6,11-14,18-19H,2,7-8,16H2,1H3. The summed E-state index contributed by atoms with van der Waals surface area (Å²) in [7, 11) is 0. The van der Waals surface area contributed by atoms with Gasteiger partial charge in [-0.05, 0) is 24.1 Å². The molecule has 1 aliphatic heterocycles. The van der Waals surface area contributed by atoms with Crippen LogP contribution in [0.1, 0.15) is 24.9 Å². The largest absolute Gasteiger partial charge is 0.389 e. The van der Waals surface area contributed by atoms with Crippen molar-refractivity contribution in [3.8, 4) is 0 Å². The molecule has 1 heterocycles. The fraction of sp³-hybridized carbons (Fsp3) is 0.571. The summed E-state index contributed by atoms with van der Waals surface area (Å²) in [5.41, 5.74) is 7.37. The molecule has 4 unspecified atom stereocenters. The molecule has 4 nitrogen and oxygen atoms in total. The second-order valence-corrected chi connectivity index (χ2v) is 6.08. The van der Waals surface area contributed by atoms with Crippen LogP contribution in [0.25, 0.3) is 0 Å². The monoisotopic (exact) mass is 328 g/mol. The fourth-order valence-electron chi connectivity index (χ4n) is 2.67.